The summed E-state index contributed by atoms with van der Waals surface area (Å²) in [4.78, 5) is 2.34. The molecule has 0 saturated heterocycles. The van der Waals surface area contributed by atoms with Gasteiger partial charge in [-0.3, -0.25) is 4.90 Å². The summed E-state index contributed by atoms with van der Waals surface area (Å²) < 4.78 is 33.6. The molecule has 5 rings (SSSR count). The lowest BCUT2D eigenvalue weighted by molar-refractivity contribution is 0.0364. The molecule has 5 heteroatoms. The van der Waals surface area contributed by atoms with E-state index in [-0.39, 0.29) is 29.6 Å². The molecule has 4 atom stereocenters. The predicted molar refractivity (Wildman–Crippen MR) is 143 cm³/mol. The molecule has 196 valence electrons. The van der Waals surface area contributed by atoms with E-state index in [0.29, 0.717) is 6.54 Å². The molecule has 3 nitrogen and oxygen atoms in total. The SMILES string of the molecule is CCC1c2ccc(F)cc2CCC1C(O)CN(CCC1CCc2cc(F)ccc2O1)Cc1ccccc1. The number of aryl methyl sites for hydroxylation is 2. The van der Waals surface area contributed by atoms with E-state index >= 15 is 0 Å². The number of ether oxygens (including phenoxy) is 1. The third-order valence-electron chi connectivity index (χ3n) is 8.22. The Morgan fingerprint density at radius 2 is 1.68 bits per heavy atom. The van der Waals surface area contributed by atoms with Gasteiger partial charge in [-0.15, -0.1) is 0 Å². The minimum atomic E-state index is -0.470. The number of aliphatic hydroxyl groups is 1. The zero-order chi connectivity index (χ0) is 25.8. The van der Waals surface area contributed by atoms with E-state index < -0.39 is 6.10 Å². The molecule has 37 heavy (non-hydrogen) atoms. The topological polar surface area (TPSA) is 32.7 Å². The highest BCUT2D eigenvalue weighted by Crippen LogP contribution is 2.40. The average Bonchev–Trinajstić information content (AvgIpc) is 2.91. The van der Waals surface area contributed by atoms with Crippen molar-refractivity contribution < 1.29 is 18.6 Å². The lowest BCUT2D eigenvalue weighted by Gasteiger charge is -2.38. The van der Waals surface area contributed by atoms with Gasteiger partial charge in [0, 0.05) is 19.6 Å². The maximum atomic E-state index is 13.8. The van der Waals surface area contributed by atoms with Crippen molar-refractivity contribution in [3.63, 3.8) is 0 Å². The van der Waals surface area contributed by atoms with Crippen LogP contribution in [0.5, 0.6) is 5.75 Å². The first-order valence-electron chi connectivity index (χ1n) is 13.7. The first-order chi connectivity index (χ1) is 18.0. The van der Waals surface area contributed by atoms with Crippen LogP contribution in [0.3, 0.4) is 0 Å². The quantitative estimate of drug-likeness (QED) is 0.353. The first-order valence-corrected chi connectivity index (χ1v) is 13.7. The van der Waals surface area contributed by atoms with Gasteiger partial charge in [0.1, 0.15) is 23.5 Å². The van der Waals surface area contributed by atoms with Crippen molar-refractivity contribution in [1.29, 1.82) is 0 Å². The summed E-state index contributed by atoms with van der Waals surface area (Å²) in [5.74, 6) is 0.768. The van der Waals surface area contributed by atoms with Crippen molar-refractivity contribution >= 4 is 0 Å². The molecule has 0 bridgehead atoms. The molecule has 3 aromatic rings. The maximum Gasteiger partial charge on any atom is 0.123 e. The highest BCUT2D eigenvalue weighted by Gasteiger charge is 2.34. The van der Waals surface area contributed by atoms with E-state index in [9.17, 15) is 13.9 Å². The molecule has 4 unspecified atom stereocenters. The van der Waals surface area contributed by atoms with Gasteiger partial charge in [0.25, 0.3) is 0 Å². The number of aliphatic hydroxyl groups excluding tert-OH is 1. The second-order valence-corrected chi connectivity index (χ2v) is 10.7. The van der Waals surface area contributed by atoms with E-state index in [2.05, 4.69) is 36.1 Å². The fraction of sp³-hybridized carbons (Fsp3) is 0.438. The van der Waals surface area contributed by atoms with Crippen LogP contribution in [0.25, 0.3) is 0 Å². The van der Waals surface area contributed by atoms with Crippen LogP contribution in [-0.2, 0) is 19.4 Å². The number of fused-ring (bicyclic) bond motifs is 2. The van der Waals surface area contributed by atoms with Gasteiger partial charge in [-0.25, -0.2) is 8.78 Å². The van der Waals surface area contributed by atoms with Gasteiger partial charge in [0.15, 0.2) is 0 Å². The molecule has 0 spiro atoms. The Hall–Kier alpha value is -2.76. The molecule has 1 aliphatic carbocycles. The minimum Gasteiger partial charge on any atom is -0.490 e. The number of benzene rings is 3. The molecular weight excluding hydrogens is 468 g/mol. The van der Waals surface area contributed by atoms with Crippen molar-refractivity contribution in [1.82, 2.24) is 4.90 Å². The fourth-order valence-corrected chi connectivity index (χ4v) is 6.31. The summed E-state index contributed by atoms with van der Waals surface area (Å²) in [6, 6.07) is 20.3. The minimum absolute atomic E-state index is 0.0771. The number of hydrogen-bond donors (Lipinski definition) is 1. The van der Waals surface area contributed by atoms with Crippen LogP contribution in [0.2, 0.25) is 0 Å². The largest absolute Gasteiger partial charge is 0.490 e. The summed E-state index contributed by atoms with van der Waals surface area (Å²) in [5.41, 5.74) is 4.44. The summed E-state index contributed by atoms with van der Waals surface area (Å²) in [6.07, 6.45) is 4.74. The van der Waals surface area contributed by atoms with E-state index in [4.69, 9.17) is 4.74 Å². The Bertz CT molecular complexity index is 1180. The second kappa shape index (κ2) is 11.7. The van der Waals surface area contributed by atoms with Crippen molar-refractivity contribution in [3.05, 3.63) is 101 Å². The van der Waals surface area contributed by atoms with Crippen LogP contribution in [0.1, 0.15) is 60.8 Å². The van der Waals surface area contributed by atoms with E-state index in [1.54, 1.807) is 24.3 Å². The molecule has 3 aromatic carbocycles. The third-order valence-corrected chi connectivity index (χ3v) is 8.22. The summed E-state index contributed by atoms with van der Waals surface area (Å²) in [5, 5.41) is 11.5. The summed E-state index contributed by atoms with van der Waals surface area (Å²) in [7, 11) is 0. The Morgan fingerprint density at radius 1 is 0.946 bits per heavy atom. The molecule has 0 radical (unpaired) electrons. The molecule has 0 saturated carbocycles. The Kier molecular flexibility index (Phi) is 8.21. The molecule has 0 amide bonds. The summed E-state index contributed by atoms with van der Waals surface area (Å²) >= 11 is 0. The standard InChI is InChI=1S/C32H37F2NO2/c1-2-28-29-14-10-25(33)18-23(29)9-13-30(28)31(36)21-35(20-22-6-4-3-5-7-22)17-16-27-12-8-24-19-26(34)11-15-32(24)37-27/h3-7,10-11,14-15,18-19,27-28,30-31,36H,2,8-9,12-13,16-17,20-21H2,1H3. The van der Waals surface area contributed by atoms with Gasteiger partial charge in [-0.2, -0.15) is 0 Å². The van der Waals surface area contributed by atoms with Crippen molar-refractivity contribution in [2.45, 2.75) is 70.1 Å². The number of halogens is 2. The Morgan fingerprint density at radius 3 is 2.46 bits per heavy atom. The van der Waals surface area contributed by atoms with Gasteiger partial charge in [0.05, 0.1) is 6.10 Å². The van der Waals surface area contributed by atoms with Crippen LogP contribution < -0.4 is 4.74 Å². The zero-order valence-corrected chi connectivity index (χ0v) is 21.6. The first kappa shape index (κ1) is 25.9. The van der Waals surface area contributed by atoms with Crippen molar-refractivity contribution in [2.24, 2.45) is 5.92 Å². The molecule has 1 N–H and O–H groups in total. The maximum absolute atomic E-state index is 13.8. The van der Waals surface area contributed by atoms with E-state index in [1.807, 2.05) is 12.1 Å². The van der Waals surface area contributed by atoms with Crippen LogP contribution in [-0.4, -0.2) is 35.3 Å². The third kappa shape index (κ3) is 6.22. The van der Waals surface area contributed by atoms with Gasteiger partial charge >= 0.3 is 0 Å². The molecule has 0 fully saturated rings. The van der Waals surface area contributed by atoms with Crippen LogP contribution in [0.15, 0.2) is 66.7 Å². The summed E-state index contributed by atoms with van der Waals surface area (Å²) in [6.45, 7) is 4.31. The highest BCUT2D eigenvalue weighted by atomic mass is 19.1. The second-order valence-electron chi connectivity index (χ2n) is 10.7. The molecule has 1 aliphatic heterocycles. The highest BCUT2D eigenvalue weighted by molar-refractivity contribution is 5.36. The smallest absolute Gasteiger partial charge is 0.123 e. The van der Waals surface area contributed by atoms with Crippen LogP contribution in [0, 0.1) is 17.6 Å². The van der Waals surface area contributed by atoms with Gasteiger partial charge < -0.3 is 9.84 Å². The number of nitrogens with zero attached hydrogens (tertiary/aromatic N) is 1. The zero-order valence-electron chi connectivity index (χ0n) is 21.6. The molecule has 1 heterocycles. The molecule has 2 aliphatic rings. The normalized spacial score (nSPS) is 21.7. The fourth-order valence-electron chi connectivity index (χ4n) is 6.31. The number of hydrogen-bond acceptors (Lipinski definition) is 3. The van der Waals surface area contributed by atoms with Crippen LogP contribution >= 0.6 is 0 Å². The molecular formula is C32H37F2NO2. The lowest BCUT2D eigenvalue weighted by atomic mass is 9.71. The van der Waals surface area contributed by atoms with E-state index in [0.717, 1.165) is 68.5 Å². The number of rotatable bonds is 9. The molecule has 0 aromatic heterocycles. The van der Waals surface area contributed by atoms with Gasteiger partial charge in [0.2, 0.25) is 0 Å². The van der Waals surface area contributed by atoms with E-state index in [1.165, 1.54) is 17.2 Å². The van der Waals surface area contributed by atoms with Gasteiger partial charge in [-0.1, -0.05) is 43.3 Å². The average molecular weight is 506 g/mol. The lowest BCUT2D eigenvalue weighted by Crippen LogP contribution is -2.41. The Balaban J connectivity index is 1.27. The van der Waals surface area contributed by atoms with Crippen LogP contribution in [0.4, 0.5) is 8.78 Å². The van der Waals surface area contributed by atoms with Crippen molar-refractivity contribution in [2.75, 3.05) is 13.1 Å². The Labute approximate surface area is 219 Å². The van der Waals surface area contributed by atoms with Gasteiger partial charge in [-0.05, 0) is 103 Å². The predicted octanol–water partition coefficient (Wildman–Crippen LogP) is 6.67. The van der Waals surface area contributed by atoms with Crippen molar-refractivity contribution in [3.8, 4) is 5.75 Å². The monoisotopic (exact) mass is 505 g/mol.